The number of rotatable bonds is 4. The van der Waals surface area contributed by atoms with Crippen molar-refractivity contribution in [2.75, 3.05) is 25.5 Å². The van der Waals surface area contributed by atoms with E-state index in [0.29, 0.717) is 30.1 Å². The summed E-state index contributed by atoms with van der Waals surface area (Å²) in [5, 5.41) is 2.75. The van der Waals surface area contributed by atoms with Gasteiger partial charge in [-0.05, 0) is 31.0 Å². The van der Waals surface area contributed by atoms with Gasteiger partial charge >= 0.3 is 0 Å². The summed E-state index contributed by atoms with van der Waals surface area (Å²) >= 11 is 0. The van der Waals surface area contributed by atoms with Gasteiger partial charge in [-0.15, -0.1) is 12.4 Å². The number of nitrogens with one attached hydrogen (secondary N) is 1. The number of carbonyl (C=O) groups excluding carboxylic acids is 2. The molecule has 0 aromatic heterocycles. The maximum Gasteiger partial charge on any atom is 0.265 e. The zero-order valence-electron chi connectivity index (χ0n) is 13.9. The monoisotopic (exact) mass is 341 g/mol. The minimum Gasteiger partial charge on any atom is -0.478 e. The Hall–Kier alpha value is -1.79. The first-order valence-corrected chi connectivity index (χ1v) is 7.31. The predicted molar refractivity (Wildman–Crippen MR) is 92.2 cm³/mol. The van der Waals surface area contributed by atoms with Crippen LogP contribution in [0.4, 0.5) is 5.69 Å². The zero-order valence-corrected chi connectivity index (χ0v) is 14.7. The Morgan fingerprint density at radius 2 is 2.09 bits per heavy atom. The second-order valence-corrected chi connectivity index (χ2v) is 6.46. The Bertz CT molecular complexity index is 604. The predicted octanol–water partition coefficient (Wildman–Crippen LogP) is 1.88. The van der Waals surface area contributed by atoms with E-state index in [1.165, 1.54) is 0 Å². The lowest BCUT2D eigenvalue weighted by molar-refractivity contribution is -0.122. The van der Waals surface area contributed by atoms with E-state index in [-0.39, 0.29) is 29.6 Å². The molecule has 0 radical (unpaired) electrons. The van der Waals surface area contributed by atoms with Crippen molar-refractivity contribution in [1.29, 1.82) is 0 Å². The number of carbonyl (C=O) groups is 2. The first-order valence-electron chi connectivity index (χ1n) is 7.31. The quantitative estimate of drug-likeness (QED) is 0.875. The lowest BCUT2D eigenvalue weighted by Gasteiger charge is -2.30. The van der Waals surface area contributed by atoms with Crippen molar-refractivity contribution in [3.8, 4) is 5.75 Å². The minimum absolute atomic E-state index is 0. The van der Waals surface area contributed by atoms with Crippen LogP contribution in [0.25, 0.3) is 0 Å². The van der Waals surface area contributed by atoms with Gasteiger partial charge in [0.1, 0.15) is 0 Å². The molecule has 1 aromatic carbocycles. The topological polar surface area (TPSA) is 84.7 Å². The largest absolute Gasteiger partial charge is 0.478 e. The highest BCUT2D eigenvalue weighted by Gasteiger charge is 2.29. The SMILES string of the molecule is CC1Oc2c(cccc2C(=O)N(C)CC(C)(C)CN)NC1=O.Cl. The number of halogens is 1. The molecule has 0 saturated carbocycles. The molecule has 0 aliphatic carbocycles. The van der Waals surface area contributed by atoms with Crippen molar-refractivity contribution >= 4 is 29.9 Å². The van der Waals surface area contributed by atoms with Crippen LogP contribution in [0.3, 0.4) is 0 Å². The standard InChI is InChI=1S/C16H23N3O3.ClH/c1-10-14(20)18-12-7-5-6-11(13(12)22-10)15(21)19(4)9-16(2,3)8-17;/h5-7,10H,8-9,17H2,1-4H3,(H,18,20);1H. The first kappa shape index (κ1) is 19.3. The third kappa shape index (κ3) is 4.14. The van der Waals surface area contributed by atoms with Gasteiger partial charge in [-0.1, -0.05) is 19.9 Å². The number of hydrogen-bond acceptors (Lipinski definition) is 4. The molecule has 0 fully saturated rings. The molecular weight excluding hydrogens is 318 g/mol. The number of amides is 2. The number of ether oxygens (including phenoxy) is 1. The van der Waals surface area contributed by atoms with Crippen molar-refractivity contribution in [2.24, 2.45) is 11.1 Å². The number of nitrogens with zero attached hydrogens (tertiary/aromatic N) is 1. The molecule has 2 rings (SSSR count). The van der Waals surface area contributed by atoms with Gasteiger partial charge in [0.15, 0.2) is 11.9 Å². The number of benzene rings is 1. The Morgan fingerprint density at radius 1 is 1.43 bits per heavy atom. The Balaban J connectivity index is 0.00000264. The normalized spacial score (nSPS) is 16.6. The Morgan fingerprint density at radius 3 is 2.70 bits per heavy atom. The van der Waals surface area contributed by atoms with Crippen molar-refractivity contribution in [1.82, 2.24) is 4.90 Å². The summed E-state index contributed by atoms with van der Waals surface area (Å²) in [6.07, 6.45) is -0.618. The molecule has 0 bridgehead atoms. The summed E-state index contributed by atoms with van der Waals surface area (Å²) in [7, 11) is 1.74. The zero-order chi connectivity index (χ0) is 16.5. The summed E-state index contributed by atoms with van der Waals surface area (Å²) in [4.78, 5) is 26.0. The fourth-order valence-corrected chi connectivity index (χ4v) is 2.38. The van der Waals surface area contributed by atoms with Gasteiger partial charge in [0.05, 0.1) is 11.3 Å². The average molecular weight is 342 g/mol. The lowest BCUT2D eigenvalue weighted by atomic mass is 9.93. The molecule has 1 aromatic rings. The molecule has 1 heterocycles. The number of anilines is 1. The summed E-state index contributed by atoms with van der Waals surface area (Å²) in [6.45, 7) is 6.70. The van der Waals surface area contributed by atoms with E-state index in [1.54, 1.807) is 37.1 Å². The van der Waals surface area contributed by atoms with Gasteiger partial charge in [0, 0.05) is 13.6 Å². The average Bonchev–Trinajstić information content (AvgIpc) is 2.46. The second kappa shape index (κ2) is 7.19. The summed E-state index contributed by atoms with van der Waals surface area (Å²) in [6, 6.07) is 5.16. The van der Waals surface area contributed by atoms with Gasteiger partial charge in [-0.3, -0.25) is 9.59 Å². The summed E-state index contributed by atoms with van der Waals surface area (Å²) < 4.78 is 5.62. The van der Waals surface area contributed by atoms with Crippen LogP contribution in [-0.4, -0.2) is 43.0 Å². The van der Waals surface area contributed by atoms with Crippen LogP contribution in [0.5, 0.6) is 5.75 Å². The molecule has 1 unspecified atom stereocenters. The highest BCUT2D eigenvalue weighted by atomic mass is 35.5. The minimum atomic E-state index is -0.618. The molecule has 1 aliphatic heterocycles. The van der Waals surface area contributed by atoms with Crippen LogP contribution < -0.4 is 15.8 Å². The maximum atomic E-state index is 12.7. The first-order chi connectivity index (χ1) is 10.2. The molecule has 1 aliphatic rings. The number of nitrogens with two attached hydrogens (primary N) is 1. The van der Waals surface area contributed by atoms with Crippen LogP contribution in [0.2, 0.25) is 0 Å². The molecule has 0 spiro atoms. The van der Waals surface area contributed by atoms with E-state index >= 15 is 0 Å². The summed E-state index contributed by atoms with van der Waals surface area (Å²) in [5.41, 5.74) is 6.53. The molecule has 3 N–H and O–H groups in total. The molecular formula is C16H24ClN3O3. The highest BCUT2D eigenvalue weighted by Crippen LogP contribution is 2.34. The van der Waals surface area contributed by atoms with E-state index in [4.69, 9.17) is 10.5 Å². The van der Waals surface area contributed by atoms with Crippen LogP contribution in [0, 0.1) is 5.41 Å². The van der Waals surface area contributed by atoms with E-state index in [0.717, 1.165) is 0 Å². The molecule has 128 valence electrons. The third-order valence-corrected chi connectivity index (χ3v) is 3.73. The molecule has 6 nitrogen and oxygen atoms in total. The van der Waals surface area contributed by atoms with E-state index in [9.17, 15) is 9.59 Å². The van der Waals surface area contributed by atoms with Gasteiger partial charge in [0.25, 0.3) is 11.8 Å². The van der Waals surface area contributed by atoms with Crippen LogP contribution in [0.1, 0.15) is 31.1 Å². The molecule has 23 heavy (non-hydrogen) atoms. The fraction of sp³-hybridized carbons (Fsp3) is 0.500. The van der Waals surface area contributed by atoms with Gasteiger partial charge in [-0.25, -0.2) is 0 Å². The number of para-hydroxylation sites is 1. The van der Waals surface area contributed by atoms with Crippen molar-refractivity contribution in [3.05, 3.63) is 23.8 Å². The van der Waals surface area contributed by atoms with Crippen molar-refractivity contribution in [3.63, 3.8) is 0 Å². The molecule has 1 atom stereocenters. The van der Waals surface area contributed by atoms with Crippen LogP contribution in [0.15, 0.2) is 18.2 Å². The Kier molecular flexibility index (Phi) is 6.02. The fourth-order valence-electron chi connectivity index (χ4n) is 2.38. The highest BCUT2D eigenvalue weighted by molar-refractivity contribution is 6.03. The number of fused-ring (bicyclic) bond motifs is 1. The molecule has 2 amide bonds. The van der Waals surface area contributed by atoms with E-state index < -0.39 is 6.10 Å². The van der Waals surface area contributed by atoms with E-state index in [2.05, 4.69) is 5.32 Å². The van der Waals surface area contributed by atoms with Crippen LogP contribution >= 0.6 is 12.4 Å². The smallest absolute Gasteiger partial charge is 0.265 e. The van der Waals surface area contributed by atoms with Crippen molar-refractivity contribution < 1.29 is 14.3 Å². The third-order valence-electron chi connectivity index (χ3n) is 3.73. The number of hydrogen-bond donors (Lipinski definition) is 2. The van der Waals surface area contributed by atoms with Crippen molar-refractivity contribution in [2.45, 2.75) is 26.9 Å². The van der Waals surface area contributed by atoms with Crippen LogP contribution in [-0.2, 0) is 4.79 Å². The molecule has 7 heteroatoms. The second-order valence-electron chi connectivity index (χ2n) is 6.46. The summed E-state index contributed by atoms with van der Waals surface area (Å²) in [5.74, 6) is 0.0634. The van der Waals surface area contributed by atoms with Gasteiger partial charge in [-0.2, -0.15) is 0 Å². The van der Waals surface area contributed by atoms with Gasteiger partial charge in [0.2, 0.25) is 0 Å². The van der Waals surface area contributed by atoms with E-state index in [1.807, 2.05) is 13.8 Å². The lowest BCUT2D eigenvalue weighted by Crippen LogP contribution is -2.40. The van der Waals surface area contributed by atoms with Gasteiger partial charge < -0.3 is 20.7 Å². The molecule has 0 saturated heterocycles. The Labute approximate surface area is 142 Å². The maximum absolute atomic E-state index is 12.7.